The summed E-state index contributed by atoms with van der Waals surface area (Å²) in [7, 11) is 0. The van der Waals surface area contributed by atoms with Gasteiger partial charge in [-0.2, -0.15) is 11.8 Å². The van der Waals surface area contributed by atoms with Crippen LogP contribution in [0, 0.1) is 0 Å². The van der Waals surface area contributed by atoms with Crippen LogP contribution in [0.1, 0.15) is 17.1 Å². The highest BCUT2D eigenvalue weighted by Crippen LogP contribution is 2.11. The summed E-state index contributed by atoms with van der Waals surface area (Å²) in [6.45, 7) is 0.704. The minimum Gasteiger partial charge on any atom is -0.468 e. The van der Waals surface area contributed by atoms with Crippen molar-refractivity contribution in [2.45, 2.75) is 12.2 Å². The lowest BCUT2D eigenvalue weighted by molar-refractivity contribution is 0.530. The van der Waals surface area contributed by atoms with Crippen molar-refractivity contribution in [3.63, 3.8) is 0 Å². The SMILES string of the molecule is O=c1[nH]c(NCCSCc2ccco2)ncc1Cc1ncccn1. The number of aromatic amines is 1. The zero-order valence-corrected chi connectivity index (χ0v) is 13.8. The van der Waals surface area contributed by atoms with Crippen molar-refractivity contribution >= 4 is 17.7 Å². The van der Waals surface area contributed by atoms with E-state index in [-0.39, 0.29) is 5.56 Å². The third kappa shape index (κ3) is 4.69. The Morgan fingerprint density at radius 1 is 1.21 bits per heavy atom. The van der Waals surface area contributed by atoms with E-state index in [2.05, 4.69) is 25.3 Å². The highest BCUT2D eigenvalue weighted by Gasteiger charge is 2.05. The summed E-state index contributed by atoms with van der Waals surface area (Å²) in [5.74, 6) is 3.73. The molecule has 0 bridgehead atoms. The first-order chi connectivity index (χ1) is 11.8. The molecule has 0 aliphatic heterocycles. The van der Waals surface area contributed by atoms with Crippen LogP contribution in [0.3, 0.4) is 0 Å². The molecule has 0 aliphatic carbocycles. The fourth-order valence-electron chi connectivity index (χ4n) is 2.04. The van der Waals surface area contributed by atoms with Gasteiger partial charge >= 0.3 is 0 Å². The Hall–Kier alpha value is -2.61. The molecule has 0 unspecified atom stereocenters. The molecule has 0 amide bonds. The summed E-state index contributed by atoms with van der Waals surface area (Å²) >= 11 is 1.75. The van der Waals surface area contributed by atoms with E-state index in [9.17, 15) is 4.79 Å². The molecule has 0 radical (unpaired) electrons. The van der Waals surface area contributed by atoms with Crippen molar-refractivity contribution in [2.75, 3.05) is 17.6 Å². The molecule has 8 heteroatoms. The molecule has 0 aromatic carbocycles. The van der Waals surface area contributed by atoms with Crippen LogP contribution in [-0.4, -0.2) is 32.2 Å². The Morgan fingerprint density at radius 2 is 2.08 bits per heavy atom. The predicted molar refractivity (Wildman–Crippen MR) is 93.1 cm³/mol. The maximum Gasteiger partial charge on any atom is 0.255 e. The largest absolute Gasteiger partial charge is 0.468 e. The second-order valence-corrected chi connectivity index (χ2v) is 6.09. The smallest absolute Gasteiger partial charge is 0.255 e. The zero-order valence-electron chi connectivity index (χ0n) is 12.9. The van der Waals surface area contributed by atoms with Crippen molar-refractivity contribution in [1.82, 2.24) is 19.9 Å². The highest BCUT2D eigenvalue weighted by molar-refractivity contribution is 7.98. The van der Waals surface area contributed by atoms with Gasteiger partial charge in [0, 0.05) is 42.9 Å². The molecule has 2 N–H and O–H groups in total. The highest BCUT2D eigenvalue weighted by atomic mass is 32.2. The van der Waals surface area contributed by atoms with Crippen LogP contribution >= 0.6 is 11.8 Å². The minimum absolute atomic E-state index is 0.178. The standard InChI is InChI=1S/C16H17N5O2S/c22-15-12(9-14-17-4-2-5-18-14)10-20-16(21-15)19-6-8-24-11-13-3-1-7-23-13/h1-5,7,10H,6,8-9,11H2,(H2,19,20,21,22). The number of nitrogens with one attached hydrogen (secondary N) is 2. The van der Waals surface area contributed by atoms with E-state index >= 15 is 0 Å². The summed E-state index contributed by atoms with van der Waals surface area (Å²) in [6.07, 6.45) is 6.90. The lowest BCUT2D eigenvalue weighted by Gasteiger charge is -2.05. The van der Waals surface area contributed by atoms with E-state index in [0.717, 1.165) is 17.3 Å². The third-order valence-corrected chi connectivity index (χ3v) is 4.19. The molecule has 0 fully saturated rings. The van der Waals surface area contributed by atoms with Gasteiger partial charge in [0.2, 0.25) is 5.95 Å². The molecule has 0 aliphatic rings. The van der Waals surface area contributed by atoms with E-state index < -0.39 is 0 Å². The minimum atomic E-state index is -0.178. The lowest BCUT2D eigenvalue weighted by atomic mass is 10.2. The normalized spacial score (nSPS) is 10.7. The summed E-state index contributed by atoms with van der Waals surface area (Å²) in [6, 6.07) is 5.57. The monoisotopic (exact) mass is 343 g/mol. The number of H-pyrrole nitrogens is 1. The van der Waals surface area contributed by atoms with Gasteiger partial charge in [0.1, 0.15) is 11.6 Å². The Kier molecular flexibility index (Phi) is 5.62. The zero-order chi connectivity index (χ0) is 16.6. The summed E-state index contributed by atoms with van der Waals surface area (Å²) < 4.78 is 5.26. The molecule has 0 saturated carbocycles. The fourth-order valence-corrected chi connectivity index (χ4v) is 2.79. The van der Waals surface area contributed by atoms with Gasteiger partial charge in [-0.1, -0.05) is 0 Å². The van der Waals surface area contributed by atoms with E-state index in [1.807, 2.05) is 12.1 Å². The fraction of sp³-hybridized carbons (Fsp3) is 0.250. The molecular weight excluding hydrogens is 326 g/mol. The number of anilines is 1. The first-order valence-corrected chi connectivity index (χ1v) is 8.65. The number of hydrogen-bond acceptors (Lipinski definition) is 7. The lowest BCUT2D eigenvalue weighted by Crippen LogP contribution is -2.18. The van der Waals surface area contributed by atoms with Crippen LogP contribution in [0.25, 0.3) is 0 Å². The molecule has 0 spiro atoms. The van der Waals surface area contributed by atoms with E-state index in [0.29, 0.717) is 30.3 Å². The van der Waals surface area contributed by atoms with Crippen molar-refractivity contribution in [1.29, 1.82) is 0 Å². The van der Waals surface area contributed by atoms with Crippen molar-refractivity contribution in [3.8, 4) is 0 Å². The van der Waals surface area contributed by atoms with Gasteiger partial charge < -0.3 is 9.73 Å². The molecule has 3 heterocycles. The van der Waals surface area contributed by atoms with Crippen molar-refractivity contribution in [2.24, 2.45) is 0 Å². The second-order valence-electron chi connectivity index (χ2n) is 4.99. The number of nitrogens with zero attached hydrogens (tertiary/aromatic N) is 3. The molecule has 0 saturated heterocycles. The Labute approximate surface area is 143 Å². The van der Waals surface area contributed by atoms with Crippen LogP contribution in [0.4, 0.5) is 5.95 Å². The Balaban J connectivity index is 1.47. The van der Waals surface area contributed by atoms with E-state index in [1.165, 1.54) is 0 Å². The maximum atomic E-state index is 12.1. The van der Waals surface area contributed by atoms with Crippen LogP contribution in [-0.2, 0) is 12.2 Å². The average Bonchev–Trinajstić information content (AvgIpc) is 3.11. The molecule has 3 rings (SSSR count). The predicted octanol–water partition coefficient (Wildman–Crippen LogP) is 2.09. The summed E-state index contributed by atoms with van der Waals surface area (Å²) in [5.41, 5.74) is 0.363. The molecule has 7 nitrogen and oxygen atoms in total. The van der Waals surface area contributed by atoms with Crippen LogP contribution in [0.2, 0.25) is 0 Å². The topological polar surface area (TPSA) is 96.7 Å². The van der Waals surface area contributed by atoms with Crippen molar-refractivity contribution in [3.05, 3.63) is 70.6 Å². The first kappa shape index (κ1) is 16.3. The van der Waals surface area contributed by atoms with Gasteiger partial charge in [-0.15, -0.1) is 0 Å². The maximum absolute atomic E-state index is 12.1. The van der Waals surface area contributed by atoms with Crippen LogP contribution in [0.15, 0.2) is 52.3 Å². The number of rotatable bonds is 8. The molecular formula is C16H17N5O2S. The van der Waals surface area contributed by atoms with Gasteiger partial charge in [-0.25, -0.2) is 15.0 Å². The third-order valence-electron chi connectivity index (χ3n) is 3.20. The first-order valence-electron chi connectivity index (χ1n) is 7.49. The average molecular weight is 343 g/mol. The van der Waals surface area contributed by atoms with Gasteiger partial charge in [-0.3, -0.25) is 9.78 Å². The number of hydrogen-bond donors (Lipinski definition) is 2. The van der Waals surface area contributed by atoms with Gasteiger partial charge in [0.25, 0.3) is 5.56 Å². The van der Waals surface area contributed by atoms with Gasteiger partial charge in [-0.05, 0) is 18.2 Å². The number of thioether (sulfide) groups is 1. The van der Waals surface area contributed by atoms with E-state index in [4.69, 9.17) is 4.42 Å². The summed E-state index contributed by atoms with van der Waals surface area (Å²) in [4.78, 5) is 27.3. The molecule has 3 aromatic rings. The molecule has 3 aromatic heterocycles. The number of furan rings is 1. The molecule has 124 valence electrons. The van der Waals surface area contributed by atoms with E-state index in [1.54, 1.807) is 42.7 Å². The quantitative estimate of drug-likeness (QED) is 0.604. The summed E-state index contributed by atoms with van der Waals surface area (Å²) in [5, 5.41) is 3.11. The van der Waals surface area contributed by atoms with Crippen molar-refractivity contribution < 1.29 is 4.42 Å². The van der Waals surface area contributed by atoms with Crippen LogP contribution < -0.4 is 10.9 Å². The van der Waals surface area contributed by atoms with Gasteiger partial charge in [0.15, 0.2) is 0 Å². The Morgan fingerprint density at radius 3 is 2.83 bits per heavy atom. The number of aromatic nitrogens is 4. The molecule has 0 atom stereocenters. The second kappa shape index (κ2) is 8.30. The van der Waals surface area contributed by atoms with Gasteiger partial charge in [0.05, 0.1) is 12.0 Å². The van der Waals surface area contributed by atoms with Crippen LogP contribution in [0.5, 0.6) is 0 Å². The molecule has 24 heavy (non-hydrogen) atoms. The Bertz CT molecular complexity index is 805.